The fourth-order valence-electron chi connectivity index (χ4n) is 1.71. The smallest absolute Gasteiger partial charge is 0.256 e. The van der Waals surface area contributed by atoms with Gasteiger partial charge in [0.2, 0.25) is 0 Å². The van der Waals surface area contributed by atoms with Gasteiger partial charge in [0.15, 0.2) is 5.58 Å². The number of rotatable bonds is 7. The molecule has 0 saturated heterocycles. The van der Waals surface area contributed by atoms with Gasteiger partial charge in [0.05, 0.1) is 12.1 Å². The summed E-state index contributed by atoms with van der Waals surface area (Å²) in [7, 11) is 0. The highest BCUT2D eigenvalue weighted by Gasteiger charge is 2.09. The molecule has 5 heteroatoms. The summed E-state index contributed by atoms with van der Waals surface area (Å²) in [6.07, 6.45) is 1.83. The molecule has 0 amide bonds. The normalized spacial score (nSPS) is 12.4. The van der Waals surface area contributed by atoms with Crippen molar-refractivity contribution in [3.8, 4) is 6.07 Å². The number of benzene rings is 1. The number of nitrogens with zero attached hydrogens (tertiary/aromatic N) is 2. The summed E-state index contributed by atoms with van der Waals surface area (Å²) in [5, 5.41) is 12.9. The maximum Gasteiger partial charge on any atom is 0.256 e. The van der Waals surface area contributed by atoms with Crippen LogP contribution in [0.5, 0.6) is 0 Å². The molecule has 19 heavy (non-hydrogen) atoms. The Bertz CT molecular complexity index is 528. The van der Waals surface area contributed by atoms with Gasteiger partial charge in [0, 0.05) is 5.75 Å². The van der Waals surface area contributed by atoms with Crippen LogP contribution in [0.15, 0.2) is 33.9 Å². The van der Waals surface area contributed by atoms with Gasteiger partial charge in [-0.2, -0.15) is 5.26 Å². The van der Waals surface area contributed by atoms with Crippen LogP contribution in [0.4, 0.5) is 0 Å². The Kier molecular flexibility index (Phi) is 5.25. The second-order valence-corrected chi connectivity index (χ2v) is 5.27. The van der Waals surface area contributed by atoms with E-state index in [2.05, 4.69) is 23.3 Å². The maximum absolute atomic E-state index is 9.00. The zero-order chi connectivity index (χ0) is 13.5. The molecule has 1 N–H and O–H groups in total. The molecule has 4 nitrogen and oxygen atoms in total. The van der Waals surface area contributed by atoms with Gasteiger partial charge in [0.25, 0.3) is 5.22 Å². The lowest BCUT2D eigenvalue weighted by atomic mass is 10.2. The molecule has 0 saturated carbocycles. The van der Waals surface area contributed by atoms with E-state index in [1.165, 1.54) is 0 Å². The highest BCUT2D eigenvalue weighted by atomic mass is 32.2. The molecule has 0 fully saturated rings. The molecule has 0 radical (unpaired) electrons. The number of hydrogen-bond acceptors (Lipinski definition) is 5. The van der Waals surface area contributed by atoms with Crippen molar-refractivity contribution in [3.63, 3.8) is 0 Å². The third-order valence-corrected chi connectivity index (χ3v) is 3.56. The zero-order valence-electron chi connectivity index (χ0n) is 10.9. The molecule has 0 bridgehead atoms. The van der Waals surface area contributed by atoms with Crippen molar-refractivity contribution in [3.05, 3.63) is 24.3 Å². The minimum absolute atomic E-state index is 0.0863. The van der Waals surface area contributed by atoms with Gasteiger partial charge < -0.3 is 9.73 Å². The summed E-state index contributed by atoms with van der Waals surface area (Å²) < 4.78 is 5.61. The molecule has 1 unspecified atom stereocenters. The number of fused-ring (bicyclic) bond motifs is 1. The molecule has 0 aliphatic carbocycles. The molecule has 0 aliphatic rings. The number of oxazole rings is 1. The van der Waals surface area contributed by atoms with Crippen LogP contribution in [-0.4, -0.2) is 23.3 Å². The van der Waals surface area contributed by atoms with Crippen molar-refractivity contribution < 1.29 is 4.42 Å². The fourth-order valence-corrected chi connectivity index (χ4v) is 2.55. The molecule has 0 spiro atoms. The van der Waals surface area contributed by atoms with E-state index in [1.807, 2.05) is 24.3 Å². The van der Waals surface area contributed by atoms with Gasteiger partial charge in [0.1, 0.15) is 5.52 Å². The molecule has 2 rings (SSSR count). The van der Waals surface area contributed by atoms with Crippen LogP contribution in [0.1, 0.15) is 19.8 Å². The van der Waals surface area contributed by atoms with E-state index < -0.39 is 0 Å². The highest BCUT2D eigenvalue weighted by molar-refractivity contribution is 7.99. The molecule has 1 heterocycles. The van der Waals surface area contributed by atoms with E-state index in [4.69, 9.17) is 9.68 Å². The van der Waals surface area contributed by atoms with Gasteiger partial charge in [-0.15, -0.1) is 0 Å². The Hall–Kier alpha value is -1.51. The van der Waals surface area contributed by atoms with Crippen LogP contribution in [0.25, 0.3) is 11.1 Å². The van der Waals surface area contributed by atoms with E-state index in [0.29, 0.717) is 5.22 Å². The molecule has 1 aromatic heterocycles. The van der Waals surface area contributed by atoms with E-state index in [0.717, 1.165) is 36.2 Å². The van der Waals surface area contributed by atoms with E-state index in [9.17, 15) is 0 Å². The van der Waals surface area contributed by atoms with Gasteiger partial charge in [-0.1, -0.05) is 30.8 Å². The predicted octanol–water partition coefficient (Wildman–Crippen LogP) is 3.20. The summed E-state index contributed by atoms with van der Waals surface area (Å²) in [5.74, 6) is 0.821. The van der Waals surface area contributed by atoms with Crippen LogP contribution in [0.3, 0.4) is 0 Å². The number of aromatic nitrogens is 1. The lowest BCUT2D eigenvalue weighted by Gasteiger charge is -2.08. The lowest BCUT2D eigenvalue weighted by molar-refractivity contribution is 0.488. The summed E-state index contributed by atoms with van der Waals surface area (Å²) in [5.41, 5.74) is 1.69. The molecule has 0 aliphatic heterocycles. The maximum atomic E-state index is 9.00. The third kappa shape index (κ3) is 3.98. The minimum atomic E-state index is -0.0863. The van der Waals surface area contributed by atoms with Gasteiger partial charge in [-0.05, 0) is 31.5 Å². The lowest BCUT2D eigenvalue weighted by Crippen LogP contribution is -2.28. The molecule has 1 atom stereocenters. The van der Waals surface area contributed by atoms with Crippen molar-refractivity contribution in [1.29, 1.82) is 5.26 Å². The number of para-hydroxylation sites is 2. The highest BCUT2D eigenvalue weighted by Crippen LogP contribution is 2.23. The minimum Gasteiger partial charge on any atom is -0.431 e. The average molecular weight is 275 g/mol. The quantitative estimate of drug-likeness (QED) is 0.786. The van der Waals surface area contributed by atoms with Crippen LogP contribution >= 0.6 is 11.8 Å². The monoisotopic (exact) mass is 275 g/mol. The summed E-state index contributed by atoms with van der Waals surface area (Å²) in [6.45, 7) is 2.97. The van der Waals surface area contributed by atoms with Crippen molar-refractivity contribution in [2.75, 3.05) is 12.3 Å². The number of nitriles is 1. The number of nitrogens with one attached hydrogen (secondary N) is 1. The third-order valence-electron chi connectivity index (χ3n) is 2.70. The van der Waals surface area contributed by atoms with Crippen LogP contribution in [0.2, 0.25) is 0 Å². The molecule has 100 valence electrons. The first-order chi connectivity index (χ1) is 9.33. The summed E-state index contributed by atoms with van der Waals surface area (Å²) >= 11 is 1.55. The largest absolute Gasteiger partial charge is 0.431 e. The number of hydrogen-bond donors (Lipinski definition) is 1. The Balaban J connectivity index is 1.83. The molecular weight excluding hydrogens is 258 g/mol. The van der Waals surface area contributed by atoms with Crippen molar-refractivity contribution in [2.24, 2.45) is 0 Å². The Morgan fingerprint density at radius 2 is 2.32 bits per heavy atom. The topological polar surface area (TPSA) is 61.9 Å². The van der Waals surface area contributed by atoms with Crippen molar-refractivity contribution in [1.82, 2.24) is 10.3 Å². The first kappa shape index (κ1) is 13.9. The Labute approximate surface area is 117 Å². The predicted molar refractivity (Wildman–Crippen MR) is 77.0 cm³/mol. The Morgan fingerprint density at radius 3 is 3.05 bits per heavy atom. The molecule has 1 aromatic carbocycles. The summed E-state index contributed by atoms with van der Waals surface area (Å²) in [6, 6.07) is 9.91. The average Bonchev–Trinajstić information content (AvgIpc) is 2.85. The van der Waals surface area contributed by atoms with Gasteiger partial charge in [-0.25, -0.2) is 4.98 Å². The number of thioether (sulfide) groups is 1. The van der Waals surface area contributed by atoms with Gasteiger partial charge >= 0.3 is 0 Å². The van der Waals surface area contributed by atoms with Gasteiger partial charge in [-0.3, -0.25) is 0 Å². The van der Waals surface area contributed by atoms with Crippen LogP contribution < -0.4 is 5.32 Å². The zero-order valence-corrected chi connectivity index (χ0v) is 11.7. The van der Waals surface area contributed by atoms with Crippen molar-refractivity contribution >= 4 is 22.9 Å². The van der Waals surface area contributed by atoms with Crippen LogP contribution in [0, 0.1) is 11.3 Å². The first-order valence-corrected chi connectivity index (χ1v) is 7.43. The van der Waals surface area contributed by atoms with Crippen molar-refractivity contribution in [2.45, 2.75) is 31.0 Å². The van der Waals surface area contributed by atoms with E-state index >= 15 is 0 Å². The van der Waals surface area contributed by atoms with E-state index in [-0.39, 0.29) is 6.04 Å². The standard InChI is InChI=1S/C14H17N3OS/c1-2-8-16-11(10-15)7-9-19-14-17-12-5-3-4-6-13(12)18-14/h3-6,11,16H,2,7-9H2,1H3. The Morgan fingerprint density at radius 1 is 1.47 bits per heavy atom. The fraction of sp³-hybridized carbons (Fsp3) is 0.429. The molecular formula is C14H17N3OS. The first-order valence-electron chi connectivity index (χ1n) is 6.45. The molecule has 2 aromatic rings. The summed E-state index contributed by atoms with van der Waals surface area (Å²) in [4.78, 5) is 4.39. The second kappa shape index (κ2) is 7.17. The second-order valence-electron chi connectivity index (χ2n) is 4.22. The SMILES string of the molecule is CCCNC(C#N)CCSc1nc2ccccc2o1. The van der Waals surface area contributed by atoms with Crippen LogP contribution in [-0.2, 0) is 0 Å². The van der Waals surface area contributed by atoms with E-state index in [1.54, 1.807) is 11.8 Å².